The molecule has 0 radical (unpaired) electrons. The summed E-state index contributed by atoms with van der Waals surface area (Å²) < 4.78 is 45.7. The maximum atomic E-state index is 13.8. The summed E-state index contributed by atoms with van der Waals surface area (Å²) in [5, 5.41) is 2.97. The van der Waals surface area contributed by atoms with Crippen molar-refractivity contribution in [3.05, 3.63) is 106 Å². The Bertz CT molecular complexity index is 1540. The molecule has 1 N–H and O–H groups in total. The molecule has 1 atom stereocenters. The predicted octanol–water partition coefficient (Wildman–Crippen LogP) is 7.71. The second kappa shape index (κ2) is 11.1. The number of alkyl halides is 3. The molecule has 0 aliphatic heterocycles. The molecule has 200 valence electrons. The average molecular weight is 553 g/mol. The molecule has 0 saturated carbocycles. The molecule has 0 saturated heterocycles. The summed E-state index contributed by atoms with van der Waals surface area (Å²) in [6.45, 7) is 0. The van der Waals surface area contributed by atoms with E-state index in [4.69, 9.17) is 21.3 Å². The van der Waals surface area contributed by atoms with Crippen LogP contribution in [0.15, 0.2) is 72.8 Å². The molecule has 1 aromatic heterocycles. The van der Waals surface area contributed by atoms with Crippen LogP contribution in [0.1, 0.15) is 58.1 Å². The average Bonchev–Trinajstić information content (AvgIpc) is 3.16. The molecule has 9 heteroatoms. The molecule has 1 aliphatic rings. The Morgan fingerprint density at radius 3 is 2.41 bits per heavy atom. The number of hydrogen-bond acceptors (Lipinski definition) is 4. The summed E-state index contributed by atoms with van der Waals surface area (Å²) in [5.41, 5.74) is 1.82. The van der Waals surface area contributed by atoms with Crippen LogP contribution in [0.4, 0.5) is 18.9 Å². The highest BCUT2D eigenvalue weighted by Crippen LogP contribution is 2.35. The Kier molecular flexibility index (Phi) is 7.57. The molecule has 39 heavy (non-hydrogen) atoms. The summed E-state index contributed by atoms with van der Waals surface area (Å²) >= 11 is 6.11. The first-order valence-corrected chi connectivity index (χ1v) is 12.9. The third kappa shape index (κ3) is 5.76. The molecule has 5 rings (SSSR count). The van der Waals surface area contributed by atoms with Crippen molar-refractivity contribution in [2.24, 2.45) is 0 Å². The first-order valence-electron chi connectivity index (χ1n) is 12.6. The number of nitrogens with one attached hydrogen (secondary N) is 1. The van der Waals surface area contributed by atoms with Gasteiger partial charge in [0.15, 0.2) is 0 Å². The number of benzene rings is 3. The van der Waals surface area contributed by atoms with Gasteiger partial charge < -0.3 is 10.1 Å². The number of fused-ring (bicyclic) bond motifs is 2. The molecule has 1 aliphatic carbocycles. The number of pyridine rings is 1. The quantitative estimate of drug-likeness (QED) is 0.203. The van der Waals surface area contributed by atoms with Crippen LogP contribution in [0, 0.1) is 0 Å². The lowest BCUT2D eigenvalue weighted by molar-refractivity contribution is -0.137. The van der Waals surface area contributed by atoms with E-state index in [9.17, 15) is 22.8 Å². The fraction of sp³-hybridized carbons (Fsp3) is 0.233. The number of amides is 1. The maximum Gasteiger partial charge on any atom is 0.416 e. The molecule has 0 bridgehead atoms. The van der Waals surface area contributed by atoms with Gasteiger partial charge in [0.2, 0.25) is 6.10 Å². The number of aryl methyl sites for hydroxylation is 1. The number of carbonyl (C=O) groups is 2. The van der Waals surface area contributed by atoms with Crippen LogP contribution in [0.5, 0.6) is 0 Å². The molecule has 3 aromatic carbocycles. The zero-order valence-corrected chi connectivity index (χ0v) is 21.5. The van der Waals surface area contributed by atoms with E-state index in [0.717, 1.165) is 55.1 Å². The molecule has 5 nitrogen and oxygen atoms in total. The minimum atomic E-state index is -4.63. The van der Waals surface area contributed by atoms with Crippen LogP contribution >= 0.6 is 11.6 Å². The van der Waals surface area contributed by atoms with Gasteiger partial charge in [0.05, 0.1) is 27.4 Å². The van der Waals surface area contributed by atoms with Crippen molar-refractivity contribution < 1.29 is 27.5 Å². The molecular formula is C30H24ClF3N2O3. The number of hydrogen-bond donors (Lipinski definition) is 1. The molecular weight excluding hydrogens is 529 g/mol. The van der Waals surface area contributed by atoms with Crippen LogP contribution in [0.2, 0.25) is 5.02 Å². The zero-order chi connectivity index (χ0) is 27.6. The van der Waals surface area contributed by atoms with Crippen molar-refractivity contribution >= 4 is 40.1 Å². The van der Waals surface area contributed by atoms with E-state index in [2.05, 4.69) is 5.32 Å². The third-order valence-corrected chi connectivity index (χ3v) is 7.07. The summed E-state index contributed by atoms with van der Waals surface area (Å²) in [5.74, 6) is -1.54. The van der Waals surface area contributed by atoms with Crippen molar-refractivity contribution in [1.29, 1.82) is 0 Å². The summed E-state index contributed by atoms with van der Waals surface area (Å²) in [4.78, 5) is 32.1. The number of nitrogens with zero attached hydrogens (tertiary/aromatic N) is 1. The van der Waals surface area contributed by atoms with Gasteiger partial charge in [-0.3, -0.25) is 9.78 Å². The van der Waals surface area contributed by atoms with Gasteiger partial charge in [0.1, 0.15) is 0 Å². The lowest BCUT2D eigenvalue weighted by Gasteiger charge is -2.21. The minimum absolute atomic E-state index is 0.0834. The first kappa shape index (κ1) is 26.7. The standard InChI is InChI=1S/C30H24ClF3N2O3/c31-22-16-15-19(30(32,33)34)17-25(22)36-28(37)27(18-9-3-1-4-10-18)39-29(38)26-20-11-5-2-6-13-23(20)35-24-14-8-7-12-21(24)26/h1,3-4,7-10,12,14-17,27H,2,5-6,11,13H2,(H,36,37)/t27-/m0/s1. The highest BCUT2D eigenvalue weighted by molar-refractivity contribution is 6.33. The van der Waals surface area contributed by atoms with Gasteiger partial charge >= 0.3 is 12.1 Å². The molecule has 0 fully saturated rings. The van der Waals surface area contributed by atoms with Crippen LogP contribution in [0.3, 0.4) is 0 Å². The first-order chi connectivity index (χ1) is 18.7. The van der Waals surface area contributed by atoms with Gasteiger partial charge in [-0.1, -0.05) is 66.6 Å². The van der Waals surface area contributed by atoms with E-state index in [1.165, 1.54) is 0 Å². The lowest BCUT2D eigenvalue weighted by atomic mass is 9.97. The third-order valence-electron chi connectivity index (χ3n) is 6.74. The van der Waals surface area contributed by atoms with Gasteiger partial charge in [-0.25, -0.2) is 4.79 Å². The SMILES string of the molecule is O=C(O[C@H](C(=O)Nc1cc(C(F)(F)F)ccc1Cl)c1ccccc1)c1c2c(nc3ccccc13)CCCCC2. The number of halogens is 4. The highest BCUT2D eigenvalue weighted by atomic mass is 35.5. The molecule has 0 spiro atoms. The minimum Gasteiger partial charge on any atom is -0.444 e. The normalized spacial score (nSPS) is 14.3. The Morgan fingerprint density at radius 1 is 0.923 bits per heavy atom. The molecule has 4 aromatic rings. The fourth-order valence-electron chi connectivity index (χ4n) is 4.84. The summed E-state index contributed by atoms with van der Waals surface area (Å²) in [6.07, 6.45) is -1.83. The Balaban J connectivity index is 1.53. The monoisotopic (exact) mass is 552 g/mol. The van der Waals surface area contributed by atoms with Crippen molar-refractivity contribution in [3.63, 3.8) is 0 Å². The number of anilines is 1. The van der Waals surface area contributed by atoms with E-state index in [1.807, 2.05) is 12.1 Å². The number of esters is 1. The topological polar surface area (TPSA) is 68.3 Å². The van der Waals surface area contributed by atoms with E-state index < -0.39 is 29.7 Å². The Morgan fingerprint density at radius 2 is 1.64 bits per heavy atom. The second-order valence-electron chi connectivity index (χ2n) is 9.37. The zero-order valence-electron chi connectivity index (χ0n) is 20.7. The Hall–Kier alpha value is -3.91. The second-order valence-corrected chi connectivity index (χ2v) is 9.77. The molecule has 0 unspecified atom stereocenters. The van der Waals surface area contributed by atoms with E-state index in [1.54, 1.807) is 42.5 Å². The van der Waals surface area contributed by atoms with Crippen LogP contribution in [-0.2, 0) is 28.5 Å². The van der Waals surface area contributed by atoms with E-state index >= 15 is 0 Å². The number of para-hydroxylation sites is 1. The number of rotatable bonds is 5. The maximum absolute atomic E-state index is 13.8. The molecule has 1 heterocycles. The summed E-state index contributed by atoms with van der Waals surface area (Å²) in [7, 11) is 0. The van der Waals surface area contributed by atoms with Crippen LogP contribution < -0.4 is 5.32 Å². The van der Waals surface area contributed by atoms with Gasteiger partial charge in [-0.05, 0) is 55.5 Å². The van der Waals surface area contributed by atoms with Crippen molar-refractivity contribution in [1.82, 2.24) is 4.98 Å². The van der Waals surface area contributed by atoms with E-state index in [0.29, 0.717) is 28.5 Å². The smallest absolute Gasteiger partial charge is 0.416 e. The van der Waals surface area contributed by atoms with Crippen molar-refractivity contribution in [3.8, 4) is 0 Å². The highest BCUT2D eigenvalue weighted by Gasteiger charge is 2.33. The number of carbonyl (C=O) groups excluding carboxylic acids is 2. The van der Waals surface area contributed by atoms with Gasteiger partial charge in [-0.2, -0.15) is 13.2 Å². The van der Waals surface area contributed by atoms with Gasteiger partial charge in [-0.15, -0.1) is 0 Å². The fourth-order valence-corrected chi connectivity index (χ4v) is 5.01. The number of aromatic nitrogens is 1. The van der Waals surface area contributed by atoms with Crippen molar-refractivity contribution in [2.75, 3.05) is 5.32 Å². The predicted molar refractivity (Wildman–Crippen MR) is 143 cm³/mol. The van der Waals surface area contributed by atoms with E-state index in [-0.39, 0.29) is 10.7 Å². The summed E-state index contributed by atoms with van der Waals surface area (Å²) in [6, 6.07) is 18.2. The van der Waals surface area contributed by atoms with Gasteiger partial charge in [0, 0.05) is 16.6 Å². The van der Waals surface area contributed by atoms with Crippen LogP contribution in [-0.4, -0.2) is 16.9 Å². The molecule has 1 amide bonds. The lowest BCUT2D eigenvalue weighted by Crippen LogP contribution is -2.27. The largest absolute Gasteiger partial charge is 0.444 e. The Labute approximate surface area is 228 Å². The van der Waals surface area contributed by atoms with Crippen molar-refractivity contribution in [2.45, 2.75) is 44.4 Å². The van der Waals surface area contributed by atoms with Gasteiger partial charge in [0.25, 0.3) is 5.91 Å². The number of ether oxygens (including phenoxy) is 1. The van der Waals surface area contributed by atoms with Crippen LogP contribution in [0.25, 0.3) is 10.9 Å².